The molecule has 24 heavy (non-hydrogen) atoms. The van der Waals surface area contributed by atoms with Gasteiger partial charge in [-0.05, 0) is 36.8 Å². The number of carbonyl (C=O) groups excluding carboxylic acids is 2. The van der Waals surface area contributed by atoms with E-state index in [1.165, 1.54) is 11.3 Å². The second-order valence-corrected chi connectivity index (χ2v) is 6.24. The van der Waals surface area contributed by atoms with Gasteiger partial charge in [-0.15, -0.1) is 11.3 Å². The summed E-state index contributed by atoms with van der Waals surface area (Å²) in [5, 5.41) is 2.69. The van der Waals surface area contributed by atoms with E-state index in [0.29, 0.717) is 22.9 Å². The average molecular weight is 349 g/mol. The van der Waals surface area contributed by atoms with Crippen molar-refractivity contribution in [2.45, 2.75) is 13.5 Å². The van der Waals surface area contributed by atoms with Crippen LogP contribution >= 0.6 is 11.3 Å². The number of rotatable bonds is 7. The molecule has 0 saturated heterocycles. The smallest absolute Gasteiger partial charge is 0.348 e. The van der Waals surface area contributed by atoms with Gasteiger partial charge in [-0.1, -0.05) is 6.07 Å². The molecule has 7 heteroatoms. The van der Waals surface area contributed by atoms with Gasteiger partial charge in [-0.2, -0.15) is 0 Å². The fourth-order valence-corrected chi connectivity index (χ4v) is 2.75. The fraction of sp³-hybridized carbons (Fsp3) is 0.294. The summed E-state index contributed by atoms with van der Waals surface area (Å²) in [5.41, 5.74) is 0.848. The van der Waals surface area contributed by atoms with Crippen molar-refractivity contribution in [2.24, 2.45) is 0 Å². The molecule has 2 rings (SSSR count). The maximum absolute atomic E-state index is 11.8. The molecule has 0 atom stereocenters. The quantitative estimate of drug-likeness (QED) is 0.778. The van der Waals surface area contributed by atoms with Crippen LogP contribution in [0.3, 0.4) is 0 Å². The van der Waals surface area contributed by atoms with Crippen LogP contribution < -0.4 is 14.8 Å². The van der Waals surface area contributed by atoms with Crippen molar-refractivity contribution < 1.29 is 23.8 Å². The predicted octanol–water partition coefficient (Wildman–Crippen LogP) is 2.55. The monoisotopic (exact) mass is 349 g/mol. The average Bonchev–Trinajstić information content (AvgIpc) is 3.04. The lowest BCUT2D eigenvalue weighted by Crippen LogP contribution is -2.28. The van der Waals surface area contributed by atoms with E-state index in [9.17, 15) is 9.59 Å². The van der Waals surface area contributed by atoms with Gasteiger partial charge < -0.3 is 19.5 Å². The second-order valence-electron chi connectivity index (χ2n) is 4.95. The van der Waals surface area contributed by atoms with Crippen molar-refractivity contribution in [1.29, 1.82) is 0 Å². The molecular formula is C17H19NO5S. The molecule has 0 aliphatic heterocycles. The first-order valence-corrected chi connectivity index (χ1v) is 8.06. The Bertz CT molecular complexity index is 726. The summed E-state index contributed by atoms with van der Waals surface area (Å²) in [5.74, 6) is 0.345. The number of benzene rings is 1. The van der Waals surface area contributed by atoms with Crippen molar-refractivity contribution in [3.63, 3.8) is 0 Å². The van der Waals surface area contributed by atoms with Gasteiger partial charge in [0.05, 0.1) is 14.2 Å². The number of methoxy groups -OCH3 is 2. The lowest BCUT2D eigenvalue weighted by Gasteiger charge is -2.10. The van der Waals surface area contributed by atoms with E-state index in [1.54, 1.807) is 32.4 Å². The van der Waals surface area contributed by atoms with Gasteiger partial charge in [0.25, 0.3) is 5.91 Å². The first kappa shape index (κ1) is 17.8. The lowest BCUT2D eigenvalue weighted by atomic mass is 10.2. The van der Waals surface area contributed by atoms with Gasteiger partial charge in [0, 0.05) is 11.4 Å². The molecular weight excluding hydrogens is 330 g/mol. The molecule has 0 aliphatic rings. The van der Waals surface area contributed by atoms with Crippen LogP contribution in [-0.2, 0) is 16.1 Å². The molecule has 0 spiro atoms. The minimum Gasteiger partial charge on any atom is -0.493 e. The Morgan fingerprint density at radius 3 is 2.46 bits per heavy atom. The molecule has 6 nitrogen and oxygen atoms in total. The van der Waals surface area contributed by atoms with E-state index in [1.807, 2.05) is 19.1 Å². The van der Waals surface area contributed by atoms with Crippen LogP contribution in [0.4, 0.5) is 0 Å². The van der Waals surface area contributed by atoms with Crippen LogP contribution in [0.25, 0.3) is 0 Å². The third-order valence-electron chi connectivity index (χ3n) is 3.21. The summed E-state index contributed by atoms with van der Waals surface area (Å²) in [6.07, 6.45) is 0. The molecule has 1 N–H and O–H groups in total. The Hall–Kier alpha value is -2.54. The summed E-state index contributed by atoms with van der Waals surface area (Å²) in [4.78, 5) is 25.1. The van der Waals surface area contributed by atoms with Crippen LogP contribution in [0.5, 0.6) is 11.5 Å². The summed E-state index contributed by atoms with van der Waals surface area (Å²) in [7, 11) is 3.11. The van der Waals surface area contributed by atoms with Gasteiger partial charge >= 0.3 is 5.97 Å². The Kier molecular flexibility index (Phi) is 6.20. The fourth-order valence-electron chi connectivity index (χ4n) is 1.99. The van der Waals surface area contributed by atoms with Gasteiger partial charge in [0.15, 0.2) is 18.1 Å². The molecule has 0 fully saturated rings. The van der Waals surface area contributed by atoms with Gasteiger partial charge in [0.1, 0.15) is 4.88 Å². The van der Waals surface area contributed by atoms with Crippen molar-refractivity contribution in [1.82, 2.24) is 5.32 Å². The molecule has 0 bridgehead atoms. The first-order valence-electron chi connectivity index (χ1n) is 7.24. The number of carbonyl (C=O) groups is 2. The van der Waals surface area contributed by atoms with Crippen LogP contribution in [0.1, 0.15) is 20.1 Å². The molecule has 1 aromatic carbocycles. The number of ether oxygens (including phenoxy) is 3. The normalized spacial score (nSPS) is 10.1. The van der Waals surface area contributed by atoms with E-state index in [4.69, 9.17) is 14.2 Å². The van der Waals surface area contributed by atoms with Gasteiger partial charge in [-0.3, -0.25) is 4.79 Å². The number of aryl methyl sites for hydroxylation is 1. The van der Waals surface area contributed by atoms with E-state index in [2.05, 4.69) is 5.32 Å². The zero-order valence-corrected chi connectivity index (χ0v) is 14.6. The number of thiophene rings is 1. The maximum atomic E-state index is 11.8. The van der Waals surface area contributed by atoms with Crippen LogP contribution in [-0.4, -0.2) is 32.7 Å². The number of nitrogens with one attached hydrogen (secondary N) is 1. The Balaban J connectivity index is 1.82. The number of esters is 1. The van der Waals surface area contributed by atoms with Crippen LogP contribution in [0.2, 0.25) is 0 Å². The standard InChI is InChI=1S/C17H19NO5S/c1-11-4-7-15(24-11)17(20)23-10-16(19)18-9-12-5-6-13(21-2)14(8-12)22-3/h4-8H,9-10H2,1-3H3,(H,18,19). The molecule has 0 aliphatic carbocycles. The first-order chi connectivity index (χ1) is 11.5. The maximum Gasteiger partial charge on any atom is 0.348 e. The largest absolute Gasteiger partial charge is 0.493 e. The molecule has 1 heterocycles. The third-order valence-corrected chi connectivity index (χ3v) is 4.19. The number of hydrogen-bond donors (Lipinski definition) is 1. The molecule has 0 unspecified atom stereocenters. The topological polar surface area (TPSA) is 73.9 Å². The lowest BCUT2D eigenvalue weighted by molar-refractivity contribution is -0.124. The Morgan fingerprint density at radius 2 is 1.83 bits per heavy atom. The third kappa shape index (κ3) is 4.73. The van der Waals surface area contributed by atoms with E-state index < -0.39 is 5.97 Å². The summed E-state index contributed by atoms with van der Waals surface area (Å²) in [6.45, 7) is 1.88. The van der Waals surface area contributed by atoms with Crippen molar-refractivity contribution in [3.8, 4) is 11.5 Å². The summed E-state index contributed by atoms with van der Waals surface area (Å²) >= 11 is 1.33. The van der Waals surface area contributed by atoms with Gasteiger partial charge in [-0.25, -0.2) is 4.79 Å². The van der Waals surface area contributed by atoms with E-state index in [-0.39, 0.29) is 12.5 Å². The van der Waals surface area contributed by atoms with Crippen molar-refractivity contribution >= 4 is 23.2 Å². The second kappa shape index (κ2) is 8.35. The number of amides is 1. The predicted molar refractivity (Wildman–Crippen MR) is 90.7 cm³/mol. The zero-order valence-electron chi connectivity index (χ0n) is 13.8. The minimum absolute atomic E-state index is 0.300. The molecule has 1 aromatic heterocycles. The van der Waals surface area contributed by atoms with Crippen LogP contribution in [0.15, 0.2) is 30.3 Å². The van der Waals surface area contributed by atoms with E-state index in [0.717, 1.165) is 10.4 Å². The van der Waals surface area contributed by atoms with Crippen molar-refractivity contribution in [2.75, 3.05) is 20.8 Å². The highest BCUT2D eigenvalue weighted by atomic mass is 32.1. The molecule has 1 amide bonds. The highest BCUT2D eigenvalue weighted by Crippen LogP contribution is 2.27. The highest BCUT2D eigenvalue weighted by molar-refractivity contribution is 7.13. The zero-order chi connectivity index (χ0) is 17.5. The Morgan fingerprint density at radius 1 is 1.08 bits per heavy atom. The molecule has 0 saturated carbocycles. The SMILES string of the molecule is COc1ccc(CNC(=O)COC(=O)c2ccc(C)s2)cc1OC. The highest BCUT2D eigenvalue weighted by Gasteiger charge is 2.12. The minimum atomic E-state index is -0.491. The summed E-state index contributed by atoms with van der Waals surface area (Å²) in [6, 6.07) is 8.88. The van der Waals surface area contributed by atoms with Gasteiger partial charge in [0.2, 0.25) is 0 Å². The number of hydrogen-bond acceptors (Lipinski definition) is 6. The molecule has 2 aromatic rings. The van der Waals surface area contributed by atoms with Crippen LogP contribution in [0, 0.1) is 6.92 Å². The molecule has 0 radical (unpaired) electrons. The molecule has 128 valence electrons. The van der Waals surface area contributed by atoms with Crippen molar-refractivity contribution in [3.05, 3.63) is 45.6 Å². The Labute approximate surface area is 144 Å². The van der Waals surface area contributed by atoms with E-state index >= 15 is 0 Å². The summed E-state index contributed by atoms with van der Waals surface area (Å²) < 4.78 is 15.4.